The Labute approximate surface area is 436 Å². The summed E-state index contributed by atoms with van der Waals surface area (Å²) in [6, 6.07) is 12.4. The number of primary amides is 1. The maximum atomic E-state index is 14.1. The van der Waals surface area contributed by atoms with Crippen molar-refractivity contribution in [1.82, 2.24) is 35.3 Å². The van der Waals surface area contributed by atoms with E-state index in [4.69, 9.17) is 14.9 Å². The minimum atomic E-state index is -0.942. The van der Waals surface area contributed by atoms with Gasteiger partial charge < -0.3 is 55.5 Å². The average Bonchev–Trinajstić information content (AvgIpc) is 4.17. The molecule has 4 aliphatic rings. The maximum absolute atomic E-state index is 14.1. The molecule has 8 rings (SSSR count). The third-order valence-electron chi connectivity index (χ3n) is 14.4. The van der Waals surface area contributed by atoms with Crippen LogP contribution in [0, 0.1) is 18.3 Å². The topological polar surface area (TPSA) is 249 Å². The molecule has 398 valence electrons. The fourth-order valence-electron chi connectivity index (χ4n) is 10.0. The SMILES string of the molecule is Cc1ncsc1-c1ccc(CNC(=O)[C@@H]2C[C@@H](O)CN2C(=O)[C@@H](NC(=O)CCCCC(=O)N2CCN(Cc3ccc(NC(=O)c4coc(N5CCOCC5)n4)c(N4CCC(C(N)=O)CC4)c3)CC2)C(C)(C)C)cc1. The summed E-state index contributed by atoms with van der Waals surface area (Å²) in [5.41, 5.74) is 12.3. The molecule has 4 fully saturated rings. The van der Waals surface area contributed by atoms with Crippen molar-refractivity contribution in [2.24, 2.45) is 17.1 Å². The molecule has 6 amide bonds. The monoisotopic (exact) mass is 1040 g/mol. The van der Waals surface area contributed by atoms with Gasteiger partial charge in [-0.2, -0.15) is 4.98 Å². The second-order valence-corrected chi connectivity index (χ2v) is 21.7. The number of β-amino-alcohol motifs (C(OH)–C–C–N with tert-alkyl or cyclic N) is 1. The number of carbonyl (C=O) groups is 6. The molecular formula is C53H71N11O9S. The predicted octanol–water partition coefficient (Wildman–Crippen LogP) is 3.91. The molecule has 74 heavy (non-hydrogen) atoms. The van der Waals surface area contributed by atoms with Crippen molar-refractivity contribution in [3.05, 3.63) is 76.8 Å². The number of carbonyl (C=O) groups excluding carboxylic acids is 6. The molecule has 3 atom stereocenters. The Hall–Kier alpha value is -6.42. The number of likely N-dealkylation sites (tertiary alicyclic amines) is 1. The number of aromatic nitrogens is 2. The summed E-state index contributed by atoms with van der Waals surface area (Å²) in [4.78, 5) is 99.4. The standard InChI is InChI=1S/C53H71N11O9S/c1-34-46(74-33-56-34)37-12-9-35(10-13-37)29-55-50(70)43-28-39(65)31-64(43)51(71)47(53(2,3)4)59-44(66)7-5-6-8-45(67)62-21-19-60(20-22-62)30-36-11-14-40(42(27-36)61-17-15-38(16-18-61)48(54)68)57-49(69)41-32-73-52(58-41)63-23-25-72-26-24-63/h9-14,27,32-33,38-39,43,47,65H,5-8,15-26,28-31H2,1-4H3,(H2,54,68)(H,55,70)(H,57,69)(H,59,66)/t39-,43+,47-/m1/s1. The lowest BCUT2D eigenvalue weighted by Gasteiger charge is -2.36. The van der Waals surface area contributed by atoms with E-state index < -0.39 is 35.4 Å². The number of oxazole rings is 1. The van der Waals surface area contributed by atoms with Gasteiger partial charge in [0.2, 0.25) is 29.5 Å². The highest BCUT2D eigenvalue weighted by Crippen LogP contribution is 2.33. The van der Waals surface area contributed by atoms with Crippen LogP contribution >= 0.6 is 11.3 Å². The molecule has 6 heterocycles. The Morgan fingerprint density at radius 3 is 2.27 bits per heavy atom. The van der Waals surface area contributed by atoms with Crippen LogP contribution in [0.15, 0.2) is 58.7 Å². The Morgan fingerprint density at radius 2 is 1.59 bits per heavy atom. The lowest BCUT2D eigenvalue weighted by Crippen LogP contribution is -2.57. The van der Waals surface area contributed by atoms with Gasteiger partial charge in [-0.15, -0.1) is 11.3 Å². The van der Waals surface area contributed by atoms with Gasteiger partial charge in [0.15, 0.2) is 5.69 Å². The third kappa shape index (κ3) is 13.6. The quantitative estimate of drug-likeness (QED) is 0.0888. The number of aryl methyl sites for hydroxylation is 1. The highest BCUT2D eigenvalue weighted by Gasteiger charge is 2.44. The Balaban J connectivity index is 0.784. The Bertz CT molecular complexity index is 2610. The molecule has 0 saturated carbocycles. The van der Waals surface area contributed by atoms with E-state index in [0.29, 0.717) is 116 Å². The summed E-state index contributed by atoms with van der Waals surface area (Å²) in [5, 5.41) is 19.6. The van der Waals surface area contributed by atoms with Crippen molar-refractivity contribution in [3.8, 4) is 10.4 Å². The van der Waals surface area contributed by atoms with E-state index in [2.05, 4.69) is 41.8 Å². The van der Waals surface area contributed by atoms with Crippen LogP contribution in [0.5, 0.6) is 0 Å². The highest BCUT2D eigenvalue weighted by molar-refractivity contribution is 7.13. The van der Waals surface area contributed by atoms with Crippen LogP contribution in [-0.4, -0.2) is 156 Å². The van der Waals surface area contributed by atoms with E-state index >= 15 is 0 Å². The number of anilines is 3. The van der Waals surface area contributed by atoms with Crippen LogP contribution in [0.3, 0.4) is 0 Å². The highest BCUT2D eigenvalue weighted by atomic mass is 32.1. The van der Waals surface area contributed by atoms with Crippen molar-refractivity contribution in [2.75, 3.05) is 87.2 Å². The molecule has 4 saturated heterocycles. The van der Waals surface area contributed by atoms with Crippen LogP contribution in [0.2, 0.25) is 0 Å². The van der Waals surface area contributed by atoms with Crippen LogP contribution in [0.4, 0.5) is 17.4 Å². The van der Waals surface area contributed by atoms with Gasteiger partial charge in [-0.25, -0.2) is 4.98 Å². The van der Waals surface area contributed by atoms with E-state index in [0.717, 1.165) is 32.9 Å². The molecular weight excluding hydrogens is 967 g/mol. The number of nitrogens with two attached hydrogens (primary N) is 1. The number of aliphatic hydroxyl groups is 1. The average molecular weight is 1040 g/mol. The number of piperazine rings is 1. The van der Waals surface area contributed by atoms with Crippen LogP contribution in [0.25, 0.3) is 10.4 Å². The number of ether oxygens (including phenoxy) is 1. The first-order valence-corrected chi connectivity index (χ1v) is 26.7. The van der Waals surface area contributed by atoms with Gasteiger partial charge in [0.05, 0.1) is 46.8 Å². The molecule has 0 aliphatic carbocycles. The van der Waals surface area contributed by atoms with Crippen LogP contribution < -0.4 is 31.5 Å². The maximum Gasteiger partial charge on any atom is 0.298 e. The fraction of sp³-hybridized carbons (Fsp3) is 0.547. The number of aliphatic hydroxyl groups excluding tert-OH is 1. The number of hydrogen-bond acceptors (Lipinski definition) is 15. The molecule has 0 radical (unpaired) electrons. The fourth-order valence-corrected chi connectivity index (χ4v) is 10.9. The van der Waals surface area contributed by atoms with E-state index in [-0.39, 0.29) is 61.2 Å². The lowest BCUT2D eigenvalue weighted by molar-refractivity contribution is -0.144. The summed E-state index contributed by atoms with van der Waals surface area (Å²) >= 11 is 1.57. The van der Waals surface area contributed by atoms with Crippen LogP contribution in [-0.2, 0) is 41.8 Å². The van der Waals surface area contributed by atoms with Crippen molar-refractivity contribution >= 4 is 64.2 Å². The number of nitrogens with one attached hydrogen (secondary N) is 3. The third-order valence-corrected chi connectivity index (χ3v) is 15.4. The minimum absolute atomic E-state index is 0.0169. The predicted molar refractivity (Wildman–Crippen MR) is 280 cm³/mol. The summed E-state index contributed by atoms with van der Waals surface area (Å²) in [6.07, 6.45) is 3.17. The second-order valence-electron chi connectivity index (χ2n) is 20.9. The zero-order valence-electron chi connectivity index (χ0n) is 43.0. The smallest absolute Gasteiger partial charge is 0.298 e. The Morgan fingerprint density at radius 1 is 0.892 bits per heavy atom. The van der Waals surface area contributed by atoms with Gasteiger partial charge in [-0.3, -0.25) is 33.7 Å². The minimum Gasteiger partial charge on any atom is -0.431 e. The first-order valence-electron chi connectivity index (χ1n) is 25.8. The van der Waals surface area contributed by atoms with Crippen LogP contribution in [0.1, 0.15) is 93.0 Å². The number of thiazole rings is 1. The normalized spacial score (nSPS) is 19.3. The molecule has 4 aliphatic heterocycles. The van der Waals surface area contributed by atoms with Crippen molar-refractivity contribution < 1.29 is 43.0 Å². The lowest BCUT2D eigenvalue weighted by atomic mass is 9.85. The number of piperidine rings is 1. The van der Waals surface area contributed by atoms with E-state index in [1.165, 1.54) is 11.2 Å². The molecule has 0 unspecified atom stereocenters. The summed E-state index contributed by atoms with van der Waals surface area (Å²) in [7, 11) is 0. The van der Waals surface area contributed by atoms with Gasteiger partial charge in [0.1, 0.15) is 18.3 Å². The zero-order chi connectivity index (χ0) is 52.5. The molecule has 0 spiro atoms. The summed E-state index contributed by atoms with van der Waals surface area (Å²) in [6.45, 7) is 14.4. The number of benzene rings is 2. The van der Waals surface area contributed by atoms with Gasteiger partial charge in [0.25, 0.3) is 11.9 Å². The van der Waals surface area contributed by atoms with Crippen molar-refractivity contribution in [3.63, 3.8) is 0 Å². The van der Waals surface area contributed by atoms with Gasteiger partial charge >= 0.3 is 0 Å². The van der Waals surface area contributed by atoms with Gasteiger partial charge in [-0.05, 0) is 66.8 Å². The molecule has 20 nitrogen and oxygen atoms in total. The summed E-state index contributed by atoms with van der Waals surface area (Å²) in [5.74, 6) is -1.98. The number of hydrogen-bond donors (Lipinski definition) is 5. The molecule has 0 bridgehead atoms. The number of unbranched alkanes of at least 4 members (excludes halogenated alkanes) is 1. The number of morpholine rings is 1. The molecule has 4 aromatic rings. The molecule has 2 aromatic carbocycles. The van der Waals surface area contributed by atoms with Gasteiger partial charge in [0, 0.05) is 97.2 Å². The van der Waals surface area contributed by atoms with E-state index in [1.54, 1.807) is 11.3 Å². The van der Waals surface area contributed by atoms with Crippen molar-refractivity contribution in [1.29, 1.82) is 0 Å². The first-order chi connectivity index (χ1) is 35.5. The second kappa shape index (κ2) is 24.3. The van der Waals surface area contributed by atoms with E-state index in [9.17, 15) is 33.9 Å². The Kier molecular flexibility index (Phi) is 17.7. The zero-order valence-corrected chi connectivity index (χ0v) is 43.8. The number of rotatable bonds is 18. The summed E-state index contributed by atoms with van der Waals surface area (Å²) < 4.78 is 11.1. The van der Waals surface area contributed by atoms with Gasteiger partial charge in [-0.1, -0.05) is 51.1 Å². The van der Waals surface area contributed by atoms with E-state index in [1.807, 2.05) is 79.4 Å². The largest absolute Gasteiger partial charge is 0.431 e. The first kappa shape index (κ1) is 53.9. The molecule has 21 heteroatoms. The molecule has 2 aromatic heterocycles. The number of amides is 6. The van der Waals surface area contributed by atoms with Crippen molar-refractivity contribution in [2.45, 2.75) is 104 Å². The molecule has 6 N–H and O–H groups in total. The number of nitrogens with zero attached hydrogens (tertiary/aromatic N) is 7.